The normalized spacial score (nSPS) is 15.4. The van der Waals surface area contributed by atoms with E-state index in [1.165, 1.54) is 24.6 Å². The summed E-state index contributed by atoms with van der Waals surface area (Å²) in [5, 5.41) is 9.10. The van der Waals surface area contributed by atoms with Gasteiger partial charge in [-0.25, -0.2) is 0 Å². The first-order valence-electron chi connectivity index (χ1n) is 7.93. The molecule has 1 atom stereocenters. The van der Waals surface area contributed by atoms with Crippen molar-refractivity contribution in [2.75, 3.05) is 7.05 Å². The van der Waals surface area contributed by atoms with E-state index in [2.05, 4.69) is 14.8 Å². The van der Waals surface area contributed by atoms with Gasteiger partial charge in [0.15, 0.2) is 5.16 Å². The molecule has 1 aliphatic rings. The van der Waals surface area contributed by atoms with Crippen LogP contribution in [-0.4, -0.2) is 37.9 Å². The molecule has 1 aromatic heterocycles. The highest BCUT2D eigenvalue weighted by Crippen LogP contribution is 2.39. The standard InChI is InChI=1S/C17H22N4OS/c1-12(16(22)20(3)11-14-7-5-4-6-8-14)23-17-19-18-13(2)21(17)15-9-10-15/h4-8,12,15H,9-11H2,1-3H3/t12-/m1/s1. The molecule has 6 heteroatoms. The summed E-state index contributed by atoms with van der Waals surface area (Å²) in [6, 6.07) is 10.6. The number of thioether (sulfide) groups is 1. The Morgan fingerprint density at radius 2 is 2.04 bits per heavy atom. The maximum absolute atomic E-state index is 12.6. The van der Waals surface area contributed by atoms with Crippen molar-refractivity contribution in [2.45, 2.75) is 49.7 Å². The van der Waals surface area contributed by atoms with Crippen LogP contribution in [0.5, 0.6) is 0 Å². The van der Waals surface area contributed by atoms with Gasteiger partial charge in [0.25, 0.3) is 0 Å². The molecule has 0 radical (unpaired) electrons. The van der Waals surface area contributed by atoms with Crippen LogP contribution in [0.4, 0.5) is 0 Å². The molecule has 1 aliphatic carbocycles. The molecular formula is C17H22N4OS. The minimum absolute atomic E-state index is 0.113. The molecule has 5 nitrogen and oxygen atoms in total. The van der Waals surface area contributed by atoms with Crippen LogP contribution in [0.3, 0.4) is 0 Å². The van der Waals surface area contributed by atoms with E-state index in [0.717, 1.165) is 16.5 Å². The average molecular weight is 330 g/mol. The van der Waals surface area contributed by atoms with Crippen LogP contribution in [-0.2, 0) is 11.3 Å². The van der Waals surface area contributed by atoms with Gasteiger partial charge in [-0.1, -0.05) is 42.1 Å². The van der Waals surface area contributed by atoms with E-state index in [4.69, 9.17) is 0 Å². The Bertz CT molecular complexity index is 681. The molecule has 0 spiro atoms. The Morgan fingerprint density at radius 3 is 2.70 bits per heavy atom. The van der Waals surface area contributed by atoms with Crippen molar-refractivity contribution in [1.82, 2.24) is 19.7 Å². The van der Waals surface area contributed by atoms with E-state index in [0.29, 0.717) is 12.6 Å². The first-order valence-corrected chi connectivity index (χ1v) is 8.81. The smallest absolute Gasteiger partial charge is 0.235 e. The lowest BCUT2D eigenvalue weighted by Crippen LogP contribution is -2.33. The van der Waals surface area contributed by atoms with Gasteiger partial charge in [0.2, 0.25) is 5.91 Å². The number of carbonyl (C=O) groups excluding carboxylic acids is 1. The van der Waals surface area contributed by atoms with Gasteiger partial charge in [0.05, 0.1) is 5.25 Å². The molecule has 0 unspecified atom stereocenters. The molecule has 3 rings (SSSR count). The number of rotatable bonds is 6. The first-order chi connectivity index (χ1) is 11.1. The lowest BCUT2D eigenvalue weighted by atomic mass is 10.2. The van der Waals surface area contributed by atoms with Crippen LogP contribution >= 0.6 is 11.8 Å². The number of benzene rings is 1. The predicted octanol–water partition coefficient (Wildman–Crippen LogP) is 3.06. The molecule has 2 aromatic rings. The summed E-state index contributed by atoms with van der Waals surface area (Å²) in [5.41, 5.74) is 1.14. The summed E-state index contributed by atoms with van der Waals surface area (Å²) in [5.74, 6) is 1.05. The number of amides is 1. The van der Waals surface area contributed by atoms with Crippen molar-refractivity contribution in [3.05, 3.63) is 41.7 Å². The van der Waals surface area contributed by atoms with E-state index >= 15 is 0 Å². The van der Waals surface area contributed by atoms with Crippen LogP contribution in [0, 0.1) is 6.92 Å². The van der Waals surface area contributed by atoms with E-state index in [1.807, 2.05) is 51.2 Å². The fraction of sp³-hybridized carbons (Fsp3) is 0.471. The van der Waals surface area contributed by atoms with Gasteiger partial charge >= 0.3 is 0 Å². The molecule has 1 amide bonds. The van der Waals surface area contributed by atoms with Crippen LogP contribution in [0.25, 0.3) is 0 Å². The van der Waals surface area contributed by atoms with E-state index < -0.39 is 0 Å². The number of hydrogen-bond donors (Lipinski definition) is 0. The van der Waals surface area contributed by atoms with Crippen molar-refractivity contribution < 1.29 is 4.79 Å². The Labute approximate surface area is 141 Å². The number of hydrogen-bond acceptors (Lipinski definition) is 4. The second-order valence-electron chi connectivity index (χ2n) is 6.07. The Kier molecular flexibility index (Phi) is 4.71. The second kappa shape index (κ2) is 6.74. The highest BCUT2D eigenvalue weighted by molar-refractivity contribution is 8.00. The number of carbonyl (C=O) groups is 1. The van der Waals surface area contributed by atoms with Crippen LogP contribution in [0.1, 0.15) is 37.2 Å². The zero-order valence-electron chi connectivity index (χ0n) is 13.8. The molecule has 23 heavy (non-hydrogen) atoms. The van der Waals surface area contributed by atoms with Gasteiger partial charge in [0, 0.05) is 19.6 Å². The molecule has 1 aromatic carbocycles. The van der Waals surface area contributed by atoms with Gasteiger partial charge < -0.3 is 9.47 Å². The maximum Gasteiger partial charge on any atom is 0.235 e. The highest BCUT2D eigenvalue weighted by atomic mass is 32.2. The SMILES string of the molecule is Cc1nnc(S[C@H](C)C(=O)N(C)Cc2ccccc2)n1C1CC1. The number of aromatic nitrogens is 3. The fourth-order valence-electron chi connectivity index (χ4n) is 2.64. The van der Waals surface area contributed by atoms with Crippen LogP contribution in [0.15, 0.2) is 35.5 Å². The van der Waals surface area contributed by atoms with Crippen molar-refractivity contribution in [2.24, 2.45) is 0 Å². The van der Waals surface area contributed by atoms with Gasteiger partial charge in [-0.05, 0) is 32.3 Å². The minimum atomic E-state index is -0.176. The van der Waals surface area contributed by atoms with Gasteiger partial charge in [0.1, 0.15) is 5.82 Å². The number of aryl methyl sites for hydroxylation is 1. The average Bonchev–Trinajstić information content (AvgIpc) is 3.31. The molecule has 1 heterocycles. The number of nitrogens with zero attached hydrogens (tertiary/aromatic N) is 4. The molecule has 1 fully saturated rings. The van der Waals surface area contributed by atoms with Crippen molar-refractivity contribution in [3.8, 4) is 0 Å². The Morgan fingerprint density at radius 1 is 1.35 bits per heavy atom. The molecule has 0 aliphatic heterocycles. The molecule has 0 saturated heterocycles. The molecule has 0 N–H and O–H groups in total. The summed E-state index contributed by atoms with van der Waals surface area (Å²) in [7, 11) is 1.85. The third kappa shape index (κ3) is 3.75. The summed E-state index contributed by atoms with van der Waals surface area (Å²) in [4.78, 5) is 14.4. The van der Waals surface area contributed by atoms with Gasteiger partial charge in [-0.3, -0.25) is 4.79 Å². The van der Waals surface area contributed by atoms with Crippen molar-refractivity contribution in [1.29, 1.82) is 0 Å². The van der Waals surface area contributed by atoms with Gasteiger partial charge in [-0.15, -0.1) is 10.2 Å². The maximum atomic E-state index is 12.6. The Balaban J connectivity index is 1.63. The minimum Gasteiger partial charge on any atom is -0.340 e. The molecule has 1 saturated carbocycles. The second-order valence-corrected chi connectivity index (χ2v) is 7.38. The largest absolute Gasteiger partial charge is 0.340 e. The topological polar surface area (TPSA) is 51.0 Å². The summed E-state index contributed by atoms with van der Waals surface area (Å²) in [6.07, 6.45) is 2.37. The first kappa shape index (κ1) is 16.1. The van der Waals surface area contributed by atoms with E-state index in [1.54, 1.807) is 4.90 Å². The molecule has 122 valence electrons. The molecular weight excluding hydrogens is 308 g/mol. The quantitative estimate of drug-likeness (QED) is 0.764. The van der Waals surface area contributed by atoms with Gasteiger partial charge in [-0.2, -0.15) is 0 Å². The third-order valence-electron chi connectivity index (χ3n) is 4.02. The zero-order chi connectivity index (χ0) is 16.4. The van der Waals surface area contributed by atoms with Crippen molar-refractivity contribution >= 4 is 17.7 Å². The third-order valence-corrected chi connectivity index (χ3v) is 5.06. The van der Waals surface area contributed by atoms with E-state index in [-0.39, 0.29) is 11.2 Å². The summed E-state index contributed by atoms with van der Waals surface area (Å²) >= 11 is 1.50. The highest BCUT2D eigenvalue weighted by Gasteiger charge is 2.30. The lowest BCUT2D eigenvalue weighted by molar-refractivity contribution is -0.129. The predicted molar refractivity (Wildman–Crippen MR) is 91.3 cm³/mol. The Hall–Kier alpha value is -1.82. The lowest BCUT2D eigenvalue weighted by Gasteiger charge is -2.21. The fourth-order valence-corrected chi connectivity index (χ4v) is 3.72. The van der Waals surface area contributed by atoms with Crippen molar-refractivity contribution in [3.63, 3.8) is 0 Å². The van der Waals surface area contributed by atoms with E-state index in [9.17, 15) is 4.79 Å². The van der Waals surface area contributed by atoms with Crippen LogP contribution < -0.4 is 0 Å². The summed E-state index contributed by atoms with van der Waals surface area (Å²) < 4.78 is 2.17. The zero-order valence-corrected chi connectivity index (χ0v) is 14.6. The molecule has 0 bridgehead atoms. The van der Waals surface area contributed by atoms with Crippen LogP contribution in [0.2, 0.25) is 0 Å². The summed E-state index contributed by atoms with van der Waals surface area (Å²) in [6.45, 7) is 4.54. The monoisotopic (exact) mass is 330 g/mol.